The number of phenols is 1. The second-order valence-corrected chi connectivity index (χ2v) is 6.17. The van der Waals surface area contributed by atoms with E-state index in [1.807, 2.05) is 0 Å². The summed E-state index contributed by atoms with van der Waals surface area (Å²) in [5.74, 6) is 1.30. The third-order valence-corrected chi connectivity index (χ3v) is 4.70. The SMILES string of the molecule is COc1ccc(C#N)c([C@@H](CC2CC2)N2CCNCC2)c1O.Cl.Cl. The third-order valence-electron chi connectivity index (χ3n) is 4.70. The minimum Gasteiger partial charge on any atom is -0.504 e. The van der Waals surface area contributed by atoms with E-state index in [1.54, 1.807) is 19.2 Å². The summed E-state index contributed by atoms with van der Waals surface area (Å²) in [6.45, 7) is 3.79. The second-order valence-electron chi connectivity index (χ2n) is 6.17. The number of piperazine rings is 1. The van der Waals surface area contributed by atoms with Crippen LogP contribution in [0.2, 0.25) is 0 Å². The Morgan fingerprint density at radius 2 is 2.00 bits per heavy atom. The van der Waals surface area contributed by atoms with Crippen LogP contribution >= 0.6 is 24.8 Å². The Bertz CT molecular complexity index is 582. The Morgan fingerprint density at radius 1 is 1.33 bits per heavy atom. The Kier molecular flexibility index (Phi) is 8.11. The van der Waals surface area contributed by atoms with Crippen LogP contribution in [0.5, 0.6) is 11.5 Å². The van der Waals surface area contributed by atoms with Gasteiger partial charge in [-0.2, -0.15) is 5.26 Å². The molecule has 134 valence electrons. The molecule has 0 aromatic heterocycles. The Balaban J connectivity index is 0.00000144. The summed E-state index contributed by atoms with van der Waals surface area (Å²) >= 11 is 0. The minimum atomic E-state index is 0. The molecule has 5 nitrogen and oxygen atoms in total. The topological polar surface area (TPSA) is 68.5 Å². The fourth-order valence-electron chi connectivity index (χ4n) is 3.30. The maximum atomic E-state index is 10.6. The molecule has 1 aromatic rings. The van der Waals surface area contributed by atoms with Crippen molar-refractivity contribution in [2.45, 2.75) is 25.3 Å². The molecule has 1 heterocycles. The maximum absolute atomic E-state index is 10.6. The van der Waals surface area contributed by atoms with Crippen molar-refractivity contribution in [1.29, 1.82) is 5.26 Å². The quantitative estimate of drug-likeness (QED) is 0.830. The third kappa shape index (κ3) is 4.46. The predicted molar refractivity (Wildman–Crippen MR) is 98.4 cm³/mol. The Morgan fingerprint density at radius 3 is 2.54 bits per heavy atom. The van der Waals surface area contributed by atoms with Crippen molar-refractivity contribution in [3.05, 3.63) is 23.3 Å². The summed E-state index contributed by atoms with van der Waals surface area (Å²) < 4.78 is 5.25. The smallest absolute Gasteiger partial charge is 0.163 e. The van der Waals surface area contributed by atoms with Crippen LogP contribution in [-0.2, 0) is 0 Å². The zero-order chi connectivity index (χ0) is 15.5. The van der Waals surface area contributed by atoms with E-state index in [0.717, 1.165) is 44.1 Å². The lowest BCUT2D eigenvalue weighted by Crippen LogP contribution is -2.45. The second kappa shape index (κ2) is 9.33. The number of halogens is 2. The van der Waals surface area contributed by atoms with E-state index in [9.17, 15) is 10.4 Å². The molecule has 2 aliphatic rings. The van der Waals surface area contributed by atoms with Crippen molar-refractivity contribution in [1.82, 2.24) is 10.2 Å². The number of rotatable bonds is 5. The lowest BCUT2D eigenvalue weighted by Gasteiger charge is -2.36. The molecule has 0 unspecified atom stereocenters. The lowest BCUT2D eigenvalue weighted by atomic mass is 9.93. The molecule has 2 fully saturated rings. The molecule has 24 heavy (non-hydrogen) atoms. The highest BCUT2D eigenvalue weighted by Gasteiger charge is 2.34. The Labute approximate surface area is 155 Å². The van der Waals surface area contributed by atoms with Crippen LogP contribution in [0.4, 0.5) is 0 Å². The van der Waals surface area contributed by atoms with Crippen LogP contribution in [0, 0.1) is 17.2 Å². The van der Waals surface area contributed by atoms with E-state index in [-0.39, 0.29) is 36.6 Å². The molecule has 1 atom stereocenters. The summed E-state index contributed by atoms with van der Waals surface area (Å²) in [6.07, 6.45) is 3.53. The van der Waals surface area contributed by atoms with Crippen molar-refractivity contribution >= 4 is 24.8 Å². The fraction of sp³-hybridized carbons (Fsp3) is 0.588. The van der Waals surface area contributed by atoms with Crippen LogP contribution in [-0.4, -0.2) is 43.3 Å². The number of benzene rings is 1. The number of methoxy groups -OCH3 is 1. The summed E-state index contributed by atoms with van der Waals surface area (Å²) in [7, 11) is 1.55. The van der Waals surface area contributed by atoms with Gasteiger partial charge in [-0.1, -0.05) is 12.8 Å². The molecule has 0 radical (unpaired) electrons. The van der Waals surface area contributed by atoms with E-state index >= 15 is 0 Å². The maximum Gasteiger partial charge on any atom is 0.163 e. The van der Waals surface area contributed by atoms with Gasteiger partial charge in [0, 0.05) is 37.8 Å². The van der Waals surface area contributed by atoms with Gasteiger partial charge >= 0.3 is 0 Å². The molecule has 0 bridgehead atoms. The van der Waals surface area contributed by atoms with Crippen LogP contribution in [0.1, 0.15) is 36.4 Å². The highest BCUT2D eigenvalue weighted by Crippen LogP contribution is 2.45. The zero-order valence-electron chi connectivity index (χ0n) is 13.8. The van der Waals surface area contributed by atoms with Crippen LogP contribution in [0.3, 0.4) is 0 Å². The molecular weight excluding hydrogens is 349 g/mol. The van der Waals surface area contributed by atoms with Gasteiger partial charge in [0.2, 0.25) is 0 Å². The first-order valence-corrected chi connectivity index (χ1v) is 7.99. The van der Waals surface area contributed by atoms with Crippen LogP contribution in [0.25, 0.3) is 0 Å². The number of nitrogens with one attached hydrogen (secondary N) is 1. The number of nitriles is 1. The first kappa shape index (κ1) is 20.9. The van der Waals surface area contributed by atoms with Gasteiger partial charge < -0.3 is 15.2 Å². The number of phenolic OH excluding ortho intramolecular Hbond substituents is 1. The van der Waals surface area contributed by atoms with Crippen molar-refractivity contribution < 1.29 is 9.84 Å². The summed E-state index contributed by atoms with van der Waals surface area (Å²) in [4.78, 5) is 2.39. The molecule has 1 saturated carbocycles. The molecule has 1 saturated heterocycles. The number of aromatic hydroxyl groups is 1. The summed E-state index contributed by atoms with van der Waals surface area (Å²) in [5.41, 5.74) is 1.30. The number of ether oxygens (including phenoxy) is 1. The van der Waals surface area contributed by atoms with Crippen molar-refractivity contribution in [3.63, 3.8) is 0 Å². The van der Waals surface area contributed by atoms with Crippen molar-refractivity contribution in [2.24, 2.45) is 5.92 Å². The molecule has 1 aliphatic heterocycles. The molecule has 0 amide bonds. The number of nitrogens with zero attached hydrogens (tertiary/aromatic N) is 2. The zero-order valence-corrected chi connectivity index (χ0v) is 15.5. The molecule has 0 spiro atoms. The molecule has 3 rings (SSSR count). The number of hydrogen-bond donors (Lipinski definition) is 2. The van der Waals surface area contributed by atoms with E-state index in [2.05, 4.69) is 16.3 Å². The number of hydrogen-bond acceptors (Lipinski definition) is 5. The van der Waals surface area contributed by atoms with Gasteiger partial charge in [0.15, 0.2) is 11.5 Å². The first-order chi connectivity index (χ1) is 10.7. The van der Waals surface area contributed by atoms with Gasteiger partial charge in [-0.3, -0.25) is 4.90 Å². The van der Waals surface area contributed by atoms with Crippen molar-refractivity contribution in [2.75, 3.05) is 33.3 Å². The van der Waals surface area contributed by atoms with E-state index in [4.69, 9.17) is 4.74 Å². The largest absolute Gasteiger partial charge is 0.504 e. The van der Waals surface area contributed by atoms with E-state index in [1.165, 1.54) is 12.8 Å². The molecule has 1 aliphatic carbocycles. The highest BCUT2D eigenvalue weighted by atomic mass is 35.5. The molecule has 1 aromatic carbocycles. The van der Waals surface area contributed by atoms with Crippen molar-refractivity contribution in [3.8, 4) is 17.6 Å². The average molecular weight is 374 g/mol. The van der Waals surface area contributed by atoms with Gasteiger partial charge in [-0.25, -0.2) is 0 Å². The molecule has 2 N–H and O–H groups in total. The standard InChI is InChI=1S/C17H23N3O2.2ClH/c1-22-15-5-4-13(11-18)16(17(15)21)14(10-12-2-3-12)20-8-6-19-7-9-20;;/h4-5,12,14,19,21H,2-3,6-10H2,1H3;2*1H/t14-;;/m1../s1. The summed E-state index contributed by atoms with van der Waals surface area (Å²) in [6, 6.07) is 5.77. The van der Waals surface area contributed by atoms with Crippen LogP contribution < -0.4 is 10.1 Å². The predicted octanol–water partition coefficient (Wildman–Crippen LogP) is 2.86. The van der Waals surface area contributed by atoms with Gasteiger partial charge in [0.25, 0.3) is 0 Å². The summed E-state index contributed by atoms with van der Waals surface area (Å²) in [5, 5.41) is 23.4. The average Bonchev–Trinajstić information content (AvgIpc) is 3.37. The van der Waals surface area contributed by atoms with Gasteiger partial charge in [0.1, 0.15) is 0 Å². The van der Waals surface area contributed by atoms with E-state index in [0.29, 0.717) is 11.3 Å². The van der Waals surface area contributed by atoms with Gasteiger partial charge in [0.05, 0.1) is 18.7 Å². The molecular formula is C17H25Cl2N3O2. The Hall–Kier alpha value is -1.19. The first-order valence-electron chi connectivity index (χ1n) is 7.99. The van der Waals surface area contributed by atoms with Gasteiger partial charge in [-0.05, 0) is 24.5 Å². The minimum absolute atomic E-state index is 0. The molecule has 7 heteroatoms. The lowest BCUT2D eigenvalue weighted by molar-refractivity contribution is 0.157. The monoisotopic (exact) mass is 373 g/mol. The normalized spacial score (nSPS) is 18.7. The van der Waals surface area contributed by atoms with Gasteiger partial charge in [-0.15, -0.1) is 24.8 Å². The fourth-order valence-corrected chi connectivity index (χ4v) is 3.30. The van der Waals surface area contributed by atoms with E-state index < -0.39 is 0 Å². The highest BCUT2D eigenvalue weighted by molar-refractivity contribution is 5.85. The van der Waals surface area contributed by atoms with Crippen LogP contribution in [0.15, 0.2) is 12.1 Å².